The zero-order valence-corrected chi connectivity index (χ0v) is 12.9. The number of Topliss-reactive ketones (excluding diaryl/α,β-unsaturated/α-hetero) is 1. The molecule has 0 unspecified atom stereocenters. The van der Waals surface area contributed by atoms with E-state index < -0.39 is 0 Å². The minimum absolute atomic E-state index is 0.0720. The van der Waals surface area contributed by atoms with E-state index in [1.165, 1.54) is 0 Å². The van der Waals surface area contributed by atoms with E-state index in [0.29, 0.717) is 30.3 Å². The first-order chi connectivity index (χ1) is 8.93. The summed E-state index contributed by atoms with van der Waals surface area (Å²) in [6.45, 7) is 10.5. The lowest BCUT2D eigenvalue weighted by Gasteiger charge is -2.50. The smallest absolute Gasteiger partial charge is 0.132 e. The number of hydrogen-bond acceptors (Lipinski definition) is 3. The molecule has 3 heteroatoms. The number of fused-ring (bicyclic) bond motifs is 1. The van der Waals surface area contributed by atoms with Gasteiger partial charge in [0.2, 0.25) is 0 Å². The van der Waals surface area contributed by atoms with Crippen LogP contribution in [0.2, 0.25) is 0 Å². The van der Waals surface area contributed by atoms with E-state index in [4.69, 9.17) is 9.47 Å². The maximum Gasteiger partial charge on any atom is 0.132 e. The van der Waals surface area contributed by atoms with Gasteiger partial charge in [0, 0.05) is 6.42 Å². The van der Waals surface area contributed by atoms with Gasteiger partial charge in [-0.2, -0.15) is 0 Å². The lowest BCUT2D eigenvalue weighted by atomic mass is 9.76. The van der Waals surface area contributed by atoms with Crippen molar-refractivity contribution in [2.75, 3.05) is 0 Å². The first kappa shape index (κ1) is 15.0. The molecule has 0 aromatic rings. The van der Waals surface area contributed by atoms with Gasteiger partial charge in [0.1, 0.15) is 5.78 Å². The molecule has 2 heterocycles. The third-order valence-corrected chi connectivity index (χ3v) is 5.11. The number of hydrogen-bond donors (Lipinski definition) is 0. The van der Waals surface area contributed by atoms with Crippen LogP contribution in [0.15, 0.2) is 0 Å². The van der Waals surface area contributed by atoms with Crippen LogP contribution < -0.4 is 0 Å². The van der Waals surface area contributed by atoms with Crippen LogP contribution >= 0.6 is 0 Å². The van der Waals surface area contributed by atoms with Crippen LogP contribution in [-0.2, 0) is 14.3 Å². The van der Waals surface area contributed by atoms with Gasteiger partial charge in [0.15, 0.2) is 0 Å². The molecule has 2 saturated heterocycles. The Hall–Kier alpha value is -0.410. The van der Waals surface area contributed by atoms with Crippen molar-refractivity contribution < 1.29 is 14.3 Å². The van der Waals surface area contributed by atoms with Crippen LogP contribution in [0, 0.1) is 17.8 Å². The number of rotatable bonds is 3. The van der Waals surface area contributed by atoms with Crippen LogP contribution in [0.3, 0.4) is 0 Å². The SMILES string of the molecule is CC[C@H]1O[C@H]2[C@H](C)[C@@H](C)[C@H](CC(C)=O)O[C@H]2C[C@H]1C. The van der Waals surface area contributed by atoms with E-state index in [0.717, 1.165) is 12.8 Å². The maximum absolute atomic E-state index is 11.4. The fraction of sp³-hybridized carbons (Fsp3) is 0.938. The minimum atomic E-state index is 0.0720. The van der Waals surface area contributed by atoms with Gasteiger partial charge in [-0.1, -0.05) is 27.7 Å². The molecule has 0 bridgehead atoms. The molecule has 0 N–H and O–H groups in total. The molecule has 0 saturated carbocycles. The summed E-state index contributed by atoms with van der Waals surface area (Å²) >= 11 is 0. The minimum Gasteiger partial charge on any atom is -0.372 e. The van der Waals surface area contributed by atoms with Crippen LogP contribution in [0.25, 0.3) is 0 Å². The highest BCUT2D eigenvalue weighted by Crippen LogP contribution is 2.41. The second-order valence-corrected chi connectivity index (χ2v) is 6.60. The Kier molecular flexibility index (Phi) is 4.67. The second-order valence-electron chi connectivity index (χ2n) is 6.60. The molecule has 2 fully saturated rings. The number of ketones is 1. The predicted octanol–water partition coefficient (Wildman–Crippen LogP) is 3.21. The fourth-order valence-electron chi connectivity index (χ4n) is 3.67. The molecule has 2 rings (SSSR count). The van der Waals surface area contributed by atoms with Gasteiger partial charge in [0.05, 0.1) is 24.4 Å². The van der Waals surface area contributed by atoms with Gasteiger partial charge in [-0.15, -0.1) is 0 Å². The van der Waals surface area contributed by atoms with Gasteiger partial charge in [0.25, 0.3) is 0 Å². The summed E-state index contributed by atoms with van der Waals surface area (Å²) in [5.74, 6) is 1.62. The average molecular weight is 268 g/mol. The molecule has 0 radical (unpaired) electrons. The first-order valence-electron chi connectivity index (χ1n) is 7.74. The van der Waals surface area contributed by atoms with Crippen LogP contribution in [-0.4, -0.2) is 30.2 Å². The van der Waals surface area contributed by atoms with Gasteiger partial charge >= 0.3 is 0 Å². The number of carbonyl (C=O) groups excluding carboxylic acids is 1. The summed E-state index contributed by atoms with van der Waals surface area (Å²) in [6.07, 6.45) is 3.50. The van der Waals surface area contributed by atoms with Crippen molar-refractivity contribution in [2.45, 2.75) is 78.3 Å². The normalized spacial score (nSPS) is 46.7. The third-order valence-electron chi connectivity index (χ3n) is 5.11. The second kappa shape index (κ2) is 5.92. The van der Waals surface area contributed by atoms with Crippen molar-refractivity contribution in [2.24, 2.45) is 17.8 Å². The van der Waals surface area contributed by atoms with Gasteiger partial charge < -0.3 is 9.47 Å². The molecule has 3 nitrogen and oxygen atoms in total. The van der Waals surface area contributed by atoms with E-state index in [1.807, 2.05) is 0 Å². The Labute approximate surface area is 117 Å². The molecular formula is C16H28O3. The molecular weight excluding hydrogens is 240 g/mol. The van der Waals surface area contributed by atoms with Crippen molar-refractivity contribution >= 4 is 5.78 Å². The van der Waals surface area contributed by atoms with E-state index in [-0.39, 0.29) is 24.1 Å². The standard InChI is InChI=1S/C16H28O3/c1-6-13-9(2)7-15-16(19-13)12(5)11(4)14(18-15)8-10(3)17/h9,11-16H,6-8H2,1-5H3/t9-,11-,12-,13-,14+,15+,16+/m1/s1. The molecule has 0 spiro atoms. The van der Waals surface area contributed by atoms with E-state index in [9.17, 15) is 4.79 Å². The van der Waals surface area contributed by atoms with E-state index in [2.05, 4.69) is 27.7 Å². The highest BCUT2D eigenvalue weighted by molar-refractivity contribution is 5.76. The molecule has 19 heavy (non-hydrogen) atoms. The molecule has 0 aromatic heterocycles. The van der Waals surface area contributed by atoms with Crippen molar-refractivity contribution in [3.63, 3.8) is 0 Å². The molecule has 2 aliphatic heterocycles. The summed E-state index contributed by atoms with van der Waals surface area (Å²) in [7, 11) is 0. The molecule has 2 aliphatic rings. The fourth-order valence-corrected chi connectivity index (χ4v) is 3.67. The Morgan fingerprint density at radius 2 is 1.79 bits per heavy atom. The molecule has 0 aliphatic carbocycles. The largest absolute Gasteiger partial charge is 0.372 e. The van der Waals surface area contributed by atoms with Crippen LogP contribution in [0.1, 0.15) is 53.9 Å². The predicted molar refractivity (Wildman–Crippen MR) is 75.0 cm³/mol. The van der Waals surface area contributed by atoms with Crippen molar-refractivity contribution in [3.05, 3.63) is 0 Å². The number of ether oxygens (including phenoxy) is 2. The molecule has 7 atom stereocenters. The van der Waals surface area contributed by atoms with Crippen LogP contribution in [0.4, 0.5) is 0 Å². The molecule has 0 amide bonds. The quantitative estimate of drug-likeness (QED) is 0.788. The van der Waals surface area contributed by atoms with E-state index in [1.54, 1.807) is 6.92 Å². The first-order valence-corrected chi connectivity index (χ1v) is 7.74. The topological polar surface area (TPSA) is 35.5 Å². The Morgan fingerprint density at radius 1 is 1.11 bits per heavy atom. The van der Waals surface area contributed by atoms with Crippen molar-refractivity contribution in [3.8, 4) is 0 Å². The van der Waals surface area contributed by atoms with Crippen molar-refractivity contribution in [1.29, 1.82) is 0 Å². The van der Waals surface area contributed by atoms with Crippen LogP contribution in [0.5, 0.6) is 0 Å². The zero-order valence-electron chi connectivity index (χ0n) is 12.9. The summed E-state index contributed by atoms with van der Waals surface area (Å²) in [5, 5.41) is 0. The summed E-state index contributed by atoms with van der Waals surface area (Å²) in [6, 6.07) is 0. The third kappa shape index (κ3) is 3.03. The zero-order chi connectivity index (χ0) is 14.2. The Morgan fingerprint density at radius 3 is 2.37 bits per heavy atom. The van der Waals surface area contributed by atoms with Gasteiger partial charge in [-0.25, -0.2) is 0 Å². The molecule has 0 aromatic carbocycles. The highest BCUT2D eigenvalue weighted by Gasteiger charge is 2.46. The monoisotopic (exact) mass is 268 g/mol. The van der Waals surface area contributed by atoms with E-state index >= 15 is 0 Å². The highest BCUT2D eigenvalue weighted by atomic mass is 16.6. The lowest BCUT2D eigenvalue weighted by molar-refractivity contribution is -0.238. The van der Waals surface area contributed by atoms with Crippen molar-refractivity contribution in [1.82, 2.24) is 0 Å². The summed E-state index contributed by atoms with van der Waals surface area (Å²) < 4.78 is 12.5. The Balaban J connectivity index is 2.09. The van der Waals surface area contributed by atoms with Gasteiger partial charge in [-0.3, -0.25) is 4.79 Å². The summed E-state index contributed by atoms with van der Waals surface area (Å²) in [5.41, 5.74) is 0. The van der Waals surface area contributed by atoms with Gasteiger partial charge in [-0.05, 0) is 37.5 Å². The molecule has 110 valence electrons. The average Bonchev–Trinajstić information content (AvgIpc) is 2.34. The lowest BCUT2D eigenvalue weighted by Crippen LogP contribution is -2.56. The number of carbonyl (C=O) groups is 1. The Bertz CT molecular complexity index is 328. The summed E-state index contributed by atoms with van der Waals surface area (Å²) in [4.78, 5) is 11.4. The maximum atomic E-state index is 11.4.